The molecule has 0 spiro atoms. The molecule has 8 heteroatoms. The lowest BCUT2D eigenvalue weighted by Gasteiger charge is -2.22. The lowest BCUT2D eigenvalue weighted by Crippen LogP contribution is -2.28. The predicted octanol–water partition coefficient (Wildman–Crippen LogP) is 7.49. The van der Waals surface area contributed by atoms with E-state index < -0.39 is 18.2 Å². The summed E-state index contributed by atoms with van der Waals surface area (Å²) in [7, 11) is 0. The lowest BCUT2D eigenvalue weighted by atomic mass is 9.93. The summed E-state index contributed by atoms with van der Waals surface area (Å²) >= 11 is 0. The van der Waals surface area contributed by atoms with E-state index in [-0.39, 0.29) is 17.9 Å². The second-order valence-corrected chi connectivity index (χ2v) is 8.90. The molecule has 0 radical (unpaired) electrons. The first kappa shape index (κ1) is 26.7. The first-order valence-electron chi connectivity index (χ1n) is 12.1. The average molecular weight is 522 g/mol. The molecule has 0 saturated carbocycles. The lowest BCUT2D eigenvalue weighted by molar-refractivity contribution is -0.274. The van der Waals surface area contributed by atoms with Gasteiger partial charge in [0, 0.05) is 11.8 Å². The molecule has 1 amide bonds. The van der Waals surface area contributed by atoms with Gasteiger partial charge in [0.15, 0.2) is 0 Å². The number of ether oxygens (including phenoxy) is 1. The van der Waals surface area contributed by atoms with Gasteiger partial charge in [0.05, 0.1) is 12.1 Å². The van der Waals surface area contributed by atoms with Crippen molar-refractivity contribution in [2.45, 2.75) is 38.6 Å². The summed E-state index contributed by atoms with van der Waals surface area (Å²) < 4.78 is 41.6. The number of hydrogen-bond donors (Lipinski definition) is 1. The Morgan fingerprint density at radius 2 is 1.71 bits per heavy atom. The number of anilines is 1. The van der Waals surface area contributed by atoms with E-state index in [1.54, 1.807) is 18.2 Å². The molecule has 3 aromatic rings. The van der Waals surface area contributed by atoms with Crippen LogP contribution < -0.4 is 9.64 Å². The summed E-state index contributed by atoms with van der Waals surface area (Å²) in [6.07, 6.45) is 4.59. The molecule has 0 unspecified atom stereocenters. The van der Waals surface area contributed by atoms with Crippen molar-refractivity contribution in [3.8, 4) is 5.75 Å². The fourth-order valence-corrected chi connectivity index (χ4v) is 4.26. The molecule has 0 heterocycles. The summed E-state index contributed by atoms with van der Waals surface area (Å²) in [5.41, 5.74) is 4.26. The fourth-order valence-electron chi connectivity index (χ4n) is 4.26. The highest BCUT2D eigenvalue weighted by Crippen LogP contribution is 2.28. The van der Waals surface area contributed by atoms with Crippen molar-refractivity contribution >= 4 is 29.2 Å². The standard InChI is InChI=1S/C30H26F3NO4/c31-30(32,33)38-27-8-4-5-21(19-27)11-18-28(35)34(26-16-14-25(15-17-26)29(36)37)20-22-9-12-24(13-10-22)23-6-2-1-3-7-23/h4-6,8-19H,1-3,7,20H2,(H,36,37). The highest BCUT2D eigenvalue weighted by molar-refractivity contribution is 6.04. The van der Waals surface area contributed by atoms with Gasteiger partial charge in [0.25, 0.3) is 5.91 Å². The molecular weight excluding hydrogens is 495 g/mol. The highest BCUT2D eigenvalue weighted by Gasteiger charge is 2.31. The van der Waals surface area contributed by atoms with Crippen LogP contribution in [0.1, 0.15) is 52.7 Å². The maximum Gasteiger partial charge on any atom is 0.573 e. The Kier molecular flexibility index (Phi) is 8.31. The van der Waals surface area contributed by atoms with Crippen LogP contribution in [0.25, 0.3) is 11.6 Å². The van der Waals surface area contributed by atoms with Crippen molar-refractivity contribution in [2.24, 2.45) is 0 Å². The van der Waals surface area contributed by atoms with Crippen molar-refractivity contribution in [1.29, 1.82) is 0 Å². The van der Waals surface area contributed by atoms with Gasteiger partial charge in [-0.3, -0.25) is 4.79 Å². The molecule has 5 nitrogen and oxygen atoms in total. The van der Waals surface area contributed by atoms with Gasteiger partial charge in [-0.2, -0.15) is 0 Å². The number of halogens is 3. The summed E-state index contributed by atoms with van der Waals surface area (Å²) in [5, 5.41) is 9.22. The van der Waals surface area contributed by atoms with Crippen molar-refractivity contribution in [2.75, 3.05) is 4.90 Å². The molecule has 0 bridgehead atoms. The van der Waals surface area contributed by atoms with Crippen LogP contribution in [0.5, 0.6) is 5.75 Å². The number of nitrogens with zero attached hydrogens (tertiary/aromatic N) is 1. The van der Waals surface area contributed by atoms with Crippen LogP contribution in [0.15, 0.2) is 84.9 Å². The van der Waals surface area contributed by atoms with Gasteiger partial charge in [0.1, 0.15) is 5.75 Å². The molecule has 0 atom stereocenters. The Labute approximate surface area is 218 Å². The summed E-state index contributed by atoms with van der Waals surface area (Å²) in [6, 6.07) is 19.2. The fraction of sp³-hybridized carbons (Fsp3) is 0.200. The molecular formula is C30H26F3NO4. The highest BCUT2D eigenvalue weighted by atomic mass is 19.4. The van der Waals surface area contributed by atoms with E-state index in [2.05, 4.69) is 10.8 Å². The quantitative estimate of drug-likeness (QED) is 0.312. The Morgan fingerprint density at radius 1 is 0.974 bits per heavy atom. The van der Waals surface area contributed by atoms with Crippen LogP contribution in [-0.2, 0) is 11.3 Å². The molecule has 1 aliphatic rings. The van der Waals surface area contributed by atoms with Crippen LogP contribution in [0.4, 0.5) is 18.9 Å². The predicted molar refractivity (Wildman–Crippen MR) is 140 cm³/mol. The molecule has 1 N–H and O–H groups in total. The zero-order chi connectivity index (χ0) is 27.1. The topological polar surface area (TPSA) is 66.8 Å². The van der Waals surface area contributed by atoms with Crippen molar-refractivity contribution in [3.63, 3.8) is 0 Å². The zero-order valence-corrected chi connectivity index (χ0v) is 20.4. The van der Waals surface area contributed by atoms with Crippen molar-refractivity contribution < 1.29 is 32.6 Å². The number of rotatable bonds is 8. The molecule has 4 rings (SSSR count). The number of carboxylic acid groups (broad SMARTS) is 1. The average Bonchev–Trinajstić information content (AvgIpc) is 2.90. The van der Waals surface area contributed by atoms with E-state index in [1.165, 1.54) is 65.8 Å². The number of alkyl halides is 3. The molecule has 0 saturated heterocycles. The van der Waals surface area contributed by atoms with Crippen molar-refractivity contribution in [3.05, 3.63) is 107 Å². The van der Waals surface area contributed by atoms with E-state index in [9.17, 15) is 27.9 Å². The van der Waals surface area contributed by atoms with Crippen LogP contribution in [0.2, 0.25) is 0 Å². The molecule has 38 heavy (non-hydrogen) atoms. The Morgan fingerprint density at radius 3 is 2.34 bits per heavy atom. The second-order valence-electron chi connectivity index (χ2n) is 8.90. The monoisotopic (exact) mass is 521 g/mol. The normalized spacial score (nSPS) is 13.7. The maximum atomic E-state index is 13.3. The Balaban J connectivity index is 1.57. The minimum Gasteiger partial charge on any atom is -0.478 e. The number of allylic oxidation sites excluding steroid dienone is 2. The Bertz CT molecular complexity index is 1340. The molecule has 1 aliphatic carbocycles. The van der Waals surface area contributed by atoms with E-state index in [1.807, 2.05) is 24.3 Å². The molecule has 3 aromatic carbocycles. The van der Waals surface area contributed by atoms with Gasteiger partial charge < -0.3 is 14.7 Å². The smallest absolute Gasteiger partial charge is 0.478 e. The van der Waals surface area contributed by atoms with E-state index in [4.69, 9.17) is 0 Å². The Hall–Kier alpha value is -4.33. The first-order valence-corrected chi connectivity index (χ1v) is 12.1. The maximum absolute atomic E-state index is 13.3. The largest absolute Gasteiger partial charge is 0.573 e. The zero-order valence-electron chi connectivity index (χ0n) is 20.4. The molecule has 0 aliphatic heterocycles. The van der Waals surface area contributed by atoms with Gasteiger partial charge in [0.2, 0.25) is 0 Å². The number of carboxylic acids is 1. The second kappa shape index (κ2) is 11.8. The number of carbonyl (C=O) groups excluding carboxylic acids is 1. The van der Waals surface area contributed by atoms with Gasteiger partial charge in [-0.25, -0.2) is 4.79 Å². The number of benzene rings is 3. The summed E-state index contributed by atoms with van der Waals surface area (Å²) in [4.78, 5) is 26.0. The third-order valence-electron chi connectivity index (χ3n) is 6.16. The van der Waals surface area contributed by atoms with Crippen LogP contribution in [0.3, 0.4) is 0 Å². The summed E-state index contributed by atoms with van der Waals surface area (Å²) in [5.74, 6) is -1.89. The van der Waals surface area contributed by atoms with Gasteiger partial charge >= 0.3 is 12.3 Å². The third kappa shape index (κ3) is 7.35. The van der Waals surface area contributed by atoms with Crippen molar-refractivity contribution in [1.82, 2.24) is 0 Å². The first-order chi connectivity index (χ1) is 18.2. The van der Waals surface area contributed by atoms with Gasteiger partial charge in [-0.05, 0) is 90.4 Å². The molecule has 0 fully saturated rings. The number of aromatic carboxylic acids is 1. The van der Waals surface area contributed by atoms with Crippen LogP contribution in [-0.4, -0.2) is 23.3 Å². The molecule has 196 valence electrons. The minimum absolute atomic E-state index is 0.0864. The minimum atomic E-state index is -4.82. The van der Waals surface area contributed by atoms with E-state index in [0.29, 0.717) is 11.3 Å². The third-order valence-corrected chi connectivity index (χ3v) is 6.16. The number of carbonyl (C=O) groups is 2. The SMILES string of the molecule is O=C(O)c1ccc(N(Cc2ccc(C3=CCCCC3)cc2)C(=O)C=Cc2cccc(OC(F)(F)F)c2)cc1. The van der Waals surface area contributed by atoms with Gasteiger partial charge in [-0.1, -0.05) is 42.5 Å². The number of hydrogen-bond acceptors (Lipinski definition) is 3. The summed E-state index contributed by atoms with van der Waals surface area (Å²) in [6.45, 7) is 0.214. The van der Waals surface area contributed by atoms with Crippen LogP contribution in [0, 0.1) is 0 Å². The van der Waals surface area contributed by atoms with E-state index >= 15 is 0 Å². The van der Waals surface area contributed by atoms with Crippen LogP contribution >= 0.6 is 0 Å². The molecule has 0 aromatic heterocycles. The van der Waals surface area contributed by atoms with E-state index in [0.717, 1.165) is 24.0 Å². The number of amides is 1. The van der Waals surface area contributed by atoms with Gasteiger partial charge in [-0.15, -0.1) is 13.2 Å².